The molecular weight excluding hydrogens is 346 g/mol. The Bertz CT molecular complexity index is 736. The molecule has 5 heteroatoms. The summed E-state index contributed by atoms with van der Waals surface area (Å²) >= 11 is 0. The summed E-state index contributed by atoms with van der Waals surface area (Å²) in [5, 5.41) is 3.58. The molecule has 1 saturated heterocycles. The minimum absolute atomic E-state index is 0.666. The van der Waals surface area contributed by atoms with Crippen molar-refractivity contribution in [3.8, 4) is 0 Å². The number of benzene rings is 1. The molecule has 1 N–H and O–H groups in total. The van der Waals surface area contributed by atoms with Crippen molar-refractivity contribution >= 4 is 5.96 Å². The molecule has 0 spiro atoms. The molecule has 5 nitrogen and oxygen atoms in total. The van der Waals surface area contributed by atoms with E-state index in [1.165, 1.54) is 18.4 Å². The summed E-state index contributed by atoms with van der Waals surface area (Å²) < 4.78 is 2.22. The van der Waals surface area contributed by atoms with Crippen molar-refractivity contribution in [2.45, 2.75) is 52.0 Å². The maximum absolute atomic E-state index is 4.56. The molecule has 152 valence electrons. The van der Waals surface area contributed by atoms with Crippen LogP contribution in [0.2, 0.25) is 0 Å². The van der Waals surface area contributed by atoms with Gasteiger partial charge in [-0.3, -0.25) is 4.99 Å². The minimum Gasteiger partial charge on any atom is -0.356 e. The fourth-order valence-corrected chi connectivity index (χ4v) is 4.36. The van der Waals surface area contributed by atoms with Gasteiger partial charge in [0.05, 0.1) is 0 Å². The number of aryl methyl sites for hydroxylation is 2. The van der Waals surface area contributed by atoms with Crippen LogP contribution in [0, 0.1) is 12.8 Å². The van der Waals surface area contributed by atoms with Crippen LogP contribution in [0.1, 0.15) is 49.9 Å². The first-order valence-corrected chi connectivity index (χ1v) is 10.7. The first kappa shape index (κ1) is 20.4. The maximum Gasteiger partial charge on any atom is 0.193 e. The predicted octanol–water partition coefficient (Wildman–Crippen LogP) is 4.06. The van der Waals surface area contributed by atoms with Crippen molar-refractivity contribution in [2.24, 2.45) is 10.9 Å². The molecule has 2 atom stereocenters. The molecule has 0 bridgehead atoms. The summed E-state index contributed by atoms with van der Waals surface area (Å²) in [6.45, 7) is 8.54. The van der Waals surface area contributed by atoms with Crippen molar-refractivity contribution in [1.82, 2.24) is 19.8 Å². The Labute approximate surface area is 169 Å². The second kappa shape index (κ2) is 10.3. The number of likely N-dealkylation sites (tertiary alicyclic amines) is 1. The number of nitrogens with one attached hydrogen (secondary N) is 1. The van der Waals surface area contributed by atoms with E-state index < -0.39 is 0 Å². The Hall–Kier alpha value is -2.30. The Kier molecular flexibility index (Phi) is 7.52. The van der Waals surface area contributed by atoms with Crippen LogP contribution >= 0.6 is 0 Å². The zero-order valence-electron chi connectivity index (χ0n) is 17.6. The lowest BCUT2D eigenvalue weighted by atomic mass is 9.79. The SMILES string of the molecule is CCC1CN(C(=NC)NCCCCn2ccnc2C)CCC1c1ccccc1. The number of guanidine groups is 1. The number of nitrogens with zero attached hydrogens (tertiary/aromatic N) is 4. The molecular formula is C23H35N5. The number of rotatable bonds is 7. The normalized spacial score (nSPS) is 20.4. The largest absolute Gasteiger partial charge is 0.356 e. The first-order chi connectivity index (χ1) is 13.7. The van der Waals surface area contributed by atoms with E-state index in [9.17, 15) is 0 Å². The van der Waals surface area contributed by atoms with E-state index in [4.69, 9.17) is 0 Å². The fourth-order valence-electron chi connectivity index (χ4n) is 4.36. The zero-order valence-corrected chi connectivity index (χ0v) is 17.6. The van der Waals surface area contributed by atoms with Gasteiger partial charge in [-0.1, -0.05) is 43.7 Å². The van der Waals surface area contributed by atoms with Crippen LogP contribution < -0.4 is 5.32 Å². The number of hydrogen-bond donors (Lipinski definition) is 1. The Morgan fingerprint density at radius 2 is 2.07 bits per heavy atom. The summed E-state index contributed by atoms with van der Waals surface area (Å²) in [5.41, 5.74) is 1.49. The lowest BCUT2D eigenvalue weighted by Gasteiger charge is -2.40. The van der Waals surface area contributed by atoms with Crippen LogP contribution in [0.3, 0.4) is 0 Å². The van der Waals surface area contributed by atoms with E-state index >= 15 is 0 Å². The molecule has 1 aliphatic rings. The van der Waals surface area contributed by atoms with Gasteiger partial charge >= 0.3 is 0 Å². The summed E-state index contributed by atoms with van der Waals surface area (Å²) in [7, 11) is 1.90. The van der Waals surface area contributed by atoms with Crippen LogP contribution in [-0.2, 0) is 6.54 Å². The molecule has 0 amide bonds. The Morgan fingerprint density at radius 3 is 2.75 bits per heavy atom. The monoisotopic (exact) mass is 381 g/mol. The highest BCUT2D eigenvalue weighted by atomic mass is 15.3. The van der Waals surface area contributed by atoms with E-state index in [1.807, 2.05) is 13.2 Å². The molecule has 1 aromatic heterocycles. The van der Waals surface area contributed by atoms with Gasteiger partial charge in [0.2, 0.25) is 0 Å². The molecule has 1 aliphatic heterocycles. The third kappa shape index (κ3) is 5.15. The number of imidazole rings is 1. The average molecular weight is 382 g/mol. The van der Waals surface area contributed by atoms with Crippen molar-refractivity contribution < 1.29 is 0 Å². The van der Waals surface area contributed by atoms with Gasteiger partial charge in [0.15, 0.2) is 5.96 Å². The van der Waals surface area contributed by atoms with Crippen LogP contribution in [-0.4, -0.2) is 47.1 Å². The number of aromatic nitrogens is 2. The molecule has 2 heterocycles. The van der Waals surface area contributed by atoms with E-state index in [0.717, 1.165) is 50.8 Å². The van der Waals surface area contributed by atoms with Crippen LogP contribution in [0.4, 0.5) is 0 Å². The second-order valence-corrected chi connectivity index (χ2v) is 7.77. The Balaban J connectivity index is 1.46. The van der Waals surface area contributed by atoms with Crippen LogP contribution in [0.25, 0.3) is 0 Å². The molecule has 1 fully saturated rings. The Morgan fingerprint density at radius 1 is 1.25 bits per heavy atom. The second-order valence-electron chi connectivity index (χ2n) is 7.77. The fraction of sp³-hybridized carbons (Fsp3) is 0.565. The van der Waals surface area contributed by atoms with Gasteiger partial charge < -0.3 is 14.8 Å². The summed E-state index contributed by atoms with van der Waals surface area (Å²) in [6, 6.07) is 11.0. The smallest absolute Gasteiger partial charge is 0.193 e. The molecule has 0 aliphatic carbocycles. The first-order valence-electron chi connectivity index (χ1n) is 10.7. The average Bonchev–Trinajstić information content (AvgIpc) is 3.15. The lowest BCUT2D eigenvalue weighted by molar-refractivity contribution is 0.215. The minimum atomic E-state index is 0.666. The summed E-state index contributed by atoms with van der Waals surface area (Å²) in [5.74, 6) is 3.50. The van der Waals surface area contributed by atoms with Crippen LogP contribution in [0.5, 0.6) is 0 Å². The lowest BCUT2D eigenvalue weighted by Crippen LogP contribution is -2.48. The quantitative estimate of drug-likeness (QED) is 0.447. The zero-order chi connectivity index (χ0) is 19.8. The van der Waals surface area contributed by atoms with E-state index in [0.29, 0.717) is 11.8 Å². The van der Waals surface area contributed by atoms with E-state index in [-0.39, 0.29) is 0 Å². The van der Waals surface area contributed by atoms with Gasteiger partial charge in [-0.2, -0.15) is 0 Å². The summed E-state index contributed by atoms with van der Waals surface area (Å²) in [6.07, 6.45) is 8.62. The van der Waals surface area contributed by atoms with E-state index in [2.05, 4.69) is 75.1 Å². The topological polar surface area (TPSA) is 45.5 Å². The highest BCUT2D eigenvalue weighted by Gasteiger charge is 2.30. The third-order valence-corrected chi connectivity index (χ3v) is 6.03. The molecule has 28 heavy (non-hydrogen) atoms. The van der Waals surface area contributed by atoms with Crippen molar-refractivity contribution in [2.75, 3.05) is 26.7 Å². The summed E-state index contributed by atoms with van der Waals surface area (Å²) in [4.78, 5) is 11.3. The molecule has 2 unspecified atom stereocenters. The number of hydrogen-bond acceptors (Lipinski definition) is 2. The highest BCUT2D eigenvalue weighted by molar-refractivity contribution is 5.80. The van der Waals surface area contributed by atoms with Gasteiger partial charge in [-0.25, -0.2) is 4.98 Å². The third-order valence-electron chi connectivity index (χ3n) is 6.03. The van der Waals surface area contributed by atoms with Gasteiger partial charge in [0, 0.05) is 45.6 Å². The molecule has 2 aromatic rings. The van der Waals surface area contributed by atoms with E-state index in [1.54, 1.807) is 0 Å². The van der Waals surface area contributed by atoms with Crippen LogP contribution in [0.15, 0.2) is 47.7 Å². The van der Waals surface area contributed by atoms with Gasteiger partial charge in [-0.05, 0) is 43.6 Å². The molecule has 0 radical (unpaired) electrons. The van der Waals surface area contributed by atoms with Crippen molar-refractivity contribution in [1.29, 1.82) is 0 Å². The highest BCUT2D eigenvalue weighted by Crippen LogP contribution is 2.34. The number of piperidine rings is 1. The van der Waals surface area contributed by atoms with Crippen molar-refractivity contribution in [3.63, 3.8) is 0 Å². The van der Waals surface area contributed by atoms with Gasteiger partial charge in [0.1, 0.15) is 5.82 Å². The maximum atomic E-state index is 4.56. The standard InChI is InChI=1S/C23H35N5/c1-4-20-18-28(16-12-22(20)21-10-6-5-7-11-21)23(24-3)26-13-8-9-15-27-17-14-25-19(27)2/h5-7,10-11,14,17,20,22H,4,8-9,12-13,15-16,18H2,1-3H3,(H,24,26). The number of unbranched alkanes of at least 4 members (excludes halogenated alkanes) is 1. The van der Waals surface area contributed by atoms with Gasteiger partial charge in [0.25, 0.3) is 0 Å². The predicted molar refractivity (Wildman–Crippen MR) is 117 cm³/mol. The van der Waals surface area contributed by atoms with Gasteiger partial charge in [-0.15, -0.1) is 0 Å². The molecule has 1 aromatic carbocycles. The molecule has 0 saturated carbocycles. The van der Waals surface area contributed by atoms with Crippen molar-refractivity contribution in [3.05, 3.63) is 54.1 Å². The number of aliphatic imine (C=N–C) groups is 1. The molecule has 3 rings (SSSR count).